The lowest BCUT2D eigenvalue weighted by molar-refractivity contribution is -0.131. The Morgan fingerprint density at radius 1 is 1.35 bits per heavy atom. The molecule has 1 aromatic carbocycles. The molecule has 0 fully saturated rings. The summed E-state index contributed by atoms with van der Waals surface area (Å²) in [5, 5.41) is 0. The third kappa shape index (κ3) is 2.06. The van der Waals surface area contributed by atoms with Crippen LogP contribution >= 0.6 is 0 Å². The van der Waals surface area contributed by atoms with Gasteiger partial charge in [0.15, 0.2) is 0 Å². The van der Waals surface area contributed by atoms with Gasteiger partial charge in [-0.25, -0.2) is 0 Å². The van der Waals surface area contributed by atoms with E-state index in [1.165, 1.54) is 11.0 Å². The fourth-order valence-electron chi connectivity index (χ4n) is 1.92. The monoisotopic (exact) mass is 230 g/mol. The molecule has 0 saturated heterocycles. The van der Waals surface area contributed by atoms with Gasteiger partial charge in [0.2, 0.25) is 11.8 Å². The molecule has 0 spiro atoms. The standard InChI is InChI=1S/C13H14N2O2/c1-3-12(16)15-8-10-6-4-5-7-11(10)14(2)13(17)9-15/h3-7H,1,8-9H2,2H3. The summed E-state index contributed by atoms with van der Waals surface area (Å²) in [5.74, 6) is -0.311. The summed E-state index contributed by atoms with van der Waals surface area (Å²) >= 11 is 0. The zero-order valence-corrected chi connectivity index (χ0v) is 9.72. The molecule has 0 aromatic heterocycles. The predicted octanol–water partition coefficient (Wildman–Crippen LogP) is 1.18. The first-order valence-corrected chi connectivity index (χ1v) is 5.39. The van der Waals surface area contributed by atoms with E-state index in [0.29, 0.717) is 6.54 Å². The number of benzene rings is 1. The first-order chi connectivity index (χ1) is 8.13. The van der Waals surface area contributed by atoms with Crippen molar-refractivity contribution >= 4 is 17.5 Å². The molecule has 0 bridgehead atoms. The SMILES string of the molecule is C=CC(=O)N1CC(=O)N(C)c2ccccc2C1. The topological polar surface area (TPSA) is 40.6 Å². The summed E-state index contributed by atoms with van der Waals surface area (Å²) in [4.78, 5) is 26.6. The summed E-state index contributed by atoms with van der Waals surface area (Å²) < 4.78 is 0. The van der Waals surface area contributed by atoms with Crippen LogP contribution in [0, 0.1) is 0 Å². The van der Waals surface area contributed by atoms with Gasteiger partial charge in [-0.1, -0.05) is 24.8 Å². The van der Waals surface area contributed by atoms with Crippen molar-refractivity contribution in [2.75, 3.05) is 18.5 Å². The van der Waals surface area contributed by atoms with E-state index in [-0.39, 0.29) is 18.4 Å². The van der Waals surface area contributed by atoms with Crippen LogP contribution in [0.2, 0.25) is 0 Å². The Bertz CT molecular complexity index is 482. The molecule has 1 aliphatic rings. The van der Waals surface area contributed by atoms with E-state index >= 15 is 0 Å². The van der Waals surface area contributed by atoms with Gasteiger partial charge in [0.1, 0.15) is 6.54 Å². The molecule has 0 N–H and O–H groups in total. The molecule has 0 aliphatic carbocycles. The number of amides is 2. The molecule has 0 saturated carbocycles. The Labute approximate surface area is 100 Å². The van der Waals surface area contributed by atoms with Crippen LogP contribution < -0.4 is 4.90 Å². The van der Waals surface area contributed by atoms with Crippen LogP contribution in [-0.4, -0.2) is 30.3 Å². The van der Waals surface area contributed by atoms with Crippen molar-refractivity contribution in [3.8, 4) is 0 Å². The van der Waals surface area contributed by atoms with Gasteiger partial charge in [0, 0.05) is 19.3 Å². The third-order valence-electron chi connectivity index (χ3n) is 2.90. The van der Waals surface area contributed by atoms with Crippen molar-refractivity contribution in [1.29, 1.82) is 0 Å². The maximum atomic E-state index is 11.9. The summed E-state index contributed by atoms with van der Waals surface area (Å²) in [5.41, 5.74) is 1.83. The quantitative estimate of drug-likeness (QED) is 0.680. The summed E-state index contributed by atoms with van der Waals surface area (Å²) in [6.07, 6.45) is 1.24. The van der Waals surface area contributed by atoms with Crippen LogP contribution in [0.1, 0.15) is 5.56 Å². The van der Waals surface area contributed by atoms with Crippen LogP contribution in [0.3, 0.4) is 0 Å². The highest BCUT2D eigenvalue weighted by atomic mass is 16.2. The van der Waals surface area contributed by atoms with Gasteiger partial charge in [0.05, 0.1) is 0 Å². The fraction of sp³-hybridized carbons (Fsp3) is 0.231. The molecule has 17 heavy (non-hydrogen) atoms. The second-order valence-electron chi connectivity index (χ2n) is 3.98. The molecule has 1 aliphatic heterocycles. The van der Waals surface area contributed by atoms with E-state index in [0.717, 1.165) is 11.3 Å². The highest BCUT2D eigenvalue weighted by Crippen LogP contribution is 2.24. The number of anilines is 1. The molecule has 1 heterocycles. The van der Waals surface area contributed by atoms with Gasteiger partial charge >= 0.3 is 0 Å². The summed E-state index contributed by atoms with van der Waals surface area (Å²) in [6.45, 7) is 3.99. The van der Waals surface area contributed by atoms with Crippen LogP contribution in [0.5, 0.6) is 0 Å². The second kappa shape index (κ2) is 4.41. The lowest BCUT2D eigenvalue weighted by Gasteiger charge is -2.17. The van der Waals surface area contributed by atoms with Gasteiger partial charge in [-0.05, 0) is 17.7 Å². The highest BCUT2D eigenvalue weighted by molar-refractivity contribution is 5.99. The normalized spacial score (nSPS) is 15.2. The zero-order valence-electron chi connectivity index (χ0n) is 9.72. The number of likely N-dealkylation sites (N-methyl/N-ethyl adjacent to an activating group) is 1. The maximum Gasteiger partial charge on any atom is 0.246 e. The second-order valence-corrected chi connectivity index (χ2v) is 3.98. The lowest BCUT2D eigenvalue weighted by atomic mass is 10.1. The maximum absolute atomic E-state index is 11.9. The van der Waals surface area contributed by atoms with Gasteiger partial charge in [-0.2, -0.15) is 0 Å². The number of rotatable bonds is 1. The van der Waals surface area contributed by atoms with Crippen molar-refractivity contribution in [1.82, 2.24) is 4.90 Å². The van der Waals surface area contributed by atoms with E-state index < -0.39 is 0 Å². The third-order valence-corrected chi connectivity index (χ3v) is 2.90. The minimum atomic E-state index is -0.219. The van der Waals surface area contributed by atoms with Gasteiger partial charge in [-0.3, -0.25) is 9.59 Å². The molecule has 0 atom stereocenters. The number of para-hydroxylation sites is 1. The number of carbonyl (C=O) groups is 2. The number of fused-ring (bicyclic) bond motifs is 1. The molecular weight excluding hydrogens is 216 g/mol. The highest BCUT2D eigenvalue weighted by Gasteiger charge is 2.25. The van der Waals surface area contributed by atoms with E-state index in [1.54, 1.807) is 11.9 Å². The van der Waals surface area contributed by atoms with Crippen molar-refractivity contribution in [3.63, 3.8) is 0 Å². The van der Waals surface area contributed by atoms with Crippen molar-refractivity contribution in [2.24, 2.45) is 0 Å². The Balaban J connectivity index is 2.42. The largest absolute Gasteiger partial charge is 0.325 e. The molecule has 2 amide bonds. The summed E-state index contributed by atoms with van der Waals surface area (Å²) in [6, 6.07) is 7.59. The van der Waals surface area contributed by atoms with E-state index in [1.807, 2.05) is 24.3 Å². The number of hydrogen-bond donors (Lipinski definition) is 0. The number of hydrogen-bond acceptors (Lipinski definition) is 2. The Morgan fingerprint density at radius 2 is 2.06 bits per heavy atom. The van der Waals surface area contributed by atoms with E-state index in [4.69, 9.17) is 0 Å². The lowest BCUT2D eigenvalue weighted by Crippen LogP contribution is -2.37. The van der Waals surface area contributed by atoms with Crippen LogP contribution in [-0.2, 0) is 16.1 Å². The van der Waals surface area contributed by atoms with Crippen LogP contribution in [0.25, 0.3) is 0 Å². The molecule has 4 nitrogen and oxygen atoms in total. The molecule has 1 aromatic rings. The smallest absolute Gasteiger partial charge is 0.246 e. The van der Waals surface area contributed by atoms with Crippen LogP contribution in [0.4, 0.5) is 5.69 Å². The zero-order chi connectivity index (χ0) is 12.4. The molecule has 4 heteroatoms. The fourth-order valence-corrected chi connectivity index (χ4v) is 1.92. The average molecular weight is 230 g/mol. The number of carbonyl (C=O) groups excluding carboxylic acids is 2. The number of nitrogens with zero attached hydrogens (tertiary/aromatic N) is 2. The van der Waals surface area contributed by atoms with E-state index in [2.05, 4.69) is 6.58 Å². The predicted molar refractivity (Wildman–Crippen MR) is 65.5 cm³/mol. The first-order valence-electron chi connectivity index (χ1n) is 5.39. The molecule has 0 radical (unpaired) electrons. The molecule has 88 valence electrons. The van der Waals surface area contributed by atoms with Crippen molar-refractivity contribution < 1.29 is 9.59 Å². The summed E-state index contributed by atoms with van der Waals surface area (Å²) in [7, 11) is 1.73. The molecule has 2 rings (SSSR count). The minimum Gasteiger partial charge on any atom is -0.325 e. The van der Waals surface area contributed by atoms with Crippen molar-refractivity contribution in [3.05, 3.63) is 42.5 Å². The first kappa shape index (κ1) is 11.4. The van der Waals surface area contributed by atoms with Gasteiger partial charge < -0.3 is 9.80 Å². The van der Waals surface area contributed by atoms with Gasteiger partial charge in [-0.15, -0.1) is 0 Å². The van der Waals surface area contributed by atoms with Crippen molar-refractivity contribution in [2.45, 2.75) is 6.54 Å². The molecular formula is C13H14N2O2. The Hall–Kier alpha value is -2.10. The Kier molecular flexibility index (Phi) is 2.95. The average Bonchev–Trinajstić information content (AvgIpc) is 2.48. The van der Waals surface area contributed by atoms with Crippen LogP contribution in [0.15, 0.2) is 36.9 Å². The van der Waals surface area contributed by atoms with Gasteiger partial charge in [0.25, 0.3) is 0 Å². The molecule has 0 unspecified atom stereocenters. The Morgan fingerprint density at radius 3 is 2.76 bits per heavy atom. The minimum absolute atomic E-state index is 0.0925. The van der Waals surface area contributed by atoms with E-state index in [9.17, 15) is 9.59 Å².